The second kappa shape index (κ2) is 5.67. The van der Waals surface area contributed by atoms with Crippen molar-refractivity contribution in [1.82, 2.24) is 0 Å². The van der Waals surface area contributed by atoms with Crippen LogP contribution in [-0.2, 0) is 9.53 Å². The van der Waals surface area contributed by atoms with Gasteiger partial charge in [0.25, 0.3) is 0 Å². The number of ether oxygens (including phenoxy) is 1. The second-order valence-electron chi connectivity index (χ2n) is 2.61. The van der Waals surface area contributed by atoms with E-state index in [2.05, 4.69) is 43.8 Å². The number of hydrogen-bond donors (Lipinski definition) is 1. The molecule has 1 amide bonds. The molecule has 0 radical (unpaired) electrons. The zero-order valence-corrected chi connectivity index (χ0v) is 11.3. The Bertz CT molecular complexity index is 344. The van der Waals surface area contributed by atoms with Crippen molar-refractivity contribution in [1.29, 1.82) is 0 Å². The maximum atomic E-state index is 11.2. The Morgan fingerprint density at radius 1 is 1.64 bits per heavy atom. The van der Waals surface area contributed by atoms with Crippen LogP contribution < -0.4 is 5.32 Å². The van der Waals surface area contributed by atoms with Crippen molar-refractivity contribution < 1.29 is 9.53 Å². The number of carbonyl (C=O) groups is 1. The lowest BCUT2D eigenvalue weighted by Crippen LogP contribution is -2.17. The van der Waals surface area contributed by atoms with Gasteiger partial charge in [0.2, 0.25) is 5.91 Å². The molecule has 0 aromatic heterocycles. The summed E-state index contributed by atoms with van der Waals surface area (Å²) in [6.07, 6.45) is 0. The average molecular weight is 370 g/mol. The first-order chi connectivity index (χ1) is 6.63. The molecule has 1 rings (SSSR count). The summed E-state index contributed by atoms with van der Waals surface area (Å²) in [6.45, 7) is 0.0730. The molecule has 0 aliphatic carbocycles. The highest BCUT2D eigenvalue weighted by Gasteiger charge is 2.02. The Morgan fingerprint density at radius 2 is 2.36 bits per heavy atom. The van der Waals surface area contributed by atoms with E-state index in [0.717, 1.165) is 13.7 Å². The lowest BCUT2D eigenvalue weighted by Gasteiger charge is -2.05. The van der Waals surface area contributed by atoms with Crippen LogP contribution in [0.2, 0.25) is 0 Å². The number of hydrogen-bond acceptors (Lipinski definition) is 2. The summed E-state index contributed by atoms with van der Waals surface area (Å²) >= 11 is 5.59. The molecular formula is C9H9BrINO2. The van der Waals surface area contributed by atoms with Gasteiger partial charge in [-0.15, -0.1) is 0 Å². The third-order valence-electron chi connectivity index (χ3n) is 1.48. The number of nitrogens with one attached hydrogen (secondary N) is 1. The molecular weight excluding hydrogens is 361 g/mol. The molecule has 5 heteroatoms. The van der Waals surface area contributed by atoms with Gasteiger partial charge in [0.1, 0.15) is 6.61 Å². The number of anilines is 1. The van der Waals surface area contributed by atoms with Gasteiger partial charge in [0.05, 0.1) is 0 Å². The van der Waals surface area contributed by atoms with E-state index in [1.54, 1.807) is 0 Å². The molecule has 0 bridgehead atoms. The summed E-state index contributed by atoms with van der Waals surface area (Å²) in [4.78, 5) is 11.2. The average Bonchev–Trinajstić information content (AvgIpc) is 2.12. The maximum absolute atomic E-state index is 11.2. The SMILES string of the molecule is COCC(=O)Nc1ccc(I)c(Br)c1. The van der Waals surface area contributed by atoms with E-state index in [1.807, 2.05) is 18.2 Å². The Hall–Kier alpha value is -0.140. The predicted molar refractivity (Wildman–Crippen MR) is 67.4 cm³/mol. The minimum Gasteiger partial charge on any atom is -0.375 e. The summed E-state index contributed by atoms with van der Waals surface area (Å²) in [7, 11) is 1.49. The number of halogens is 2. The van der Waals surface area contributed by atoms with Crippen LogP contribution in [0, 0.1) is 3.57 Å². The van der Waals surface area contributed by atoms with E-state index in [4.69, 9.17) is 4.74 Å². The van der Waals surface area contributed by atoms with Crippen molar-refractivity contribution in [2.45, 2.75) is 0 Å². The number of rotatable bonds is 3. The quantitative estimate of drug-likeness (QED) is 0.832. The molecule has 0 saturated carbocycles. The van der Waals surface area contributed by atoms with Crippen molar-refractivity contribution in [3.63, 3.8) is 0 Å². The van der Waals surface area contributed by atoms with E-state index in [9.17, 15) is 4.79 Å². The molecule has 76 valence electrons. The fourth-order valence-corrected chi connectivity index (χ4v) is 1.62. The van der Waals surface area contributed by atoms with Gasteiger partial charge >= 0.3 is 0 Å². The summed E-state index contributed by atoms with van der Waals surface area (Å²) in [5.41, 5.74) is 0.763. The van der Waals surface area contributed by atoms with Gasteiger partial charge in [-0.1, -0.05) is 0 Å². The highest BCUT2D eigenvalue weighted by molar-refractivity contribution is 14.1. The Kier molecular flexibility index (Phi) is 4.83. The van der Waals surface area contributed by atoms with E-state index in [-0.39, 0.29) is 12.5 Å². The van der Waals surface area contributed by atoms with Crippen LogP contribution in [0.25, 0.3) is 0 Å². The molecule has 0 saturated heterocycles. The summed E-state index contributed by atoms with van der Waals surface area (Å²) in [5, 5.41) is 2.71. The monoisotopic (exact) mass is 369 g/mol. The van der Waals surface area contributed by atoms with Crippen LogP contribution in [0.3, 0.4) is 0 Å². The summed E-state index contributed by atoms with van der Waals surface area (Å²) < 4.78 is 6.77. The van der Waals surface area contributed by atoms with E-state index >= 15 is 0 Å². The fourth-order valence-electron chi connectivity index (χ4n) is 0.902. The molecule has 0 spiro atoms. The smallest absolute Gasteiger partial charge is 0.250 e. The van der Waals surface area contributed by atoms with E-state index < -0.39 is 0 Å². The molecule has 14 heavy (non-hydrogen) atoms. The molecule has 0 fully saturated rings. The number of methoxy groups -OCH3 is 1. The van der Waals surface area contributed by atoms with Crippen molar-refractivity contribution >= 4 is 50.1 Å². The minimum atomic E-state index is -0.152. The number of amides is 1. The van der Waals surface area contributed by atoms with Crippen molar-refractivity contribution in [2.75, 3.05) is 19.0 Å². The third-order valence-corrected chi connectivity index (χ3v) is 3.82. The molecule has 1 aromatic carbocycles. The summed E-state index contributed by atoms with van der Waals surface area (Å²) in [6, 6.07) is 5.63. The van der Waals surface area contributed by atoms with Gasteiger partial charge in [-0.25, -0.2) is 0 Å². The third kappa shape index (κ3) is 3.55. The van der Waals surface area contributed by atoms with Crippen molar-refractivity contribution in [3.8, 4) is 0 Å². The first-order valence-electron chi connectivity index (χ1n) is 3.87. The van der Waals surface area contributed by atoms with Crippen LogP contribution in [-0.4, -0.2) is 19.6 Å². The highest BCUT2D eigenvalue weighted by Crippen LogP contribution is 2.22. The minimum absolute atomic E-state index is 0.0730. The van der Waals surface area contributed by atoms with Crippen LogP contribution in [0.15, 0.2) is 22.7 Å². The molecule has 3 nitrogen and oxygen atoms in total. The van der Waals surface area contributed by atoms with Crippen LogP contribution in [0.1, 0.15) is 0 Å². The Labute approximate surface area is 104 Å². The lowest BCUT2D eigenvalue weighted by molar-refractivity contribution is -0.119. The standard InChI is InChI=1S/C9H9BrINO2/c1-14-5-9(13)12-6-2-3-8(11)7(10)4-6/h2-4H,5H2,1H3,(H,12,13). The Morgan fingerprint density at radius 3 is 2.93 bits per heavy atom. The van der Waals surface area contributed by atoms with Gasteiger partial charge in [0, 0.05) is 20.8 Å². The fraction of sp³-hybridized carbons (Fsp3) is 0.222. The van der Waals surface area contributed by atoms with Crippen molar-refractivity contribution in [2.24, 2.45) is 0 Å². The number of carbonyl (C=O) groups excluding carboxylic acids is 1. The van der Waals surface area contributed by atoms with Crippen molar-refractivity contribution in [3.05, 3.63) is 26.2 Å². The number of benzene rings is 1. The van der Waals surface area contributed by atoms with Crippen LogP contribution in [0.5, 0.6) is 0 Å². The molecule has 0 heterocycles. The zero-order chi connectivity index (χ0) is 10.6. The first-order valence-corrected chi connectivity index (χ1v) is 5.74. The molecule has 1 N–H and O–H groups in total. The van der Waals surface area contributed by atoms with Gasteiger partial charge in [-0.05, 0) is 56.7 Å². The van der Waals surface area contributed by atoms with E-state index in [0.29, 0.717) is 0 Å². The first kappa shape index (κ1) is 11.9. The van der Waals surface area contributed by atoms with Gasteiger partial charge in [-0.2, -0.15) is 0 Å². The lowest BCUT2D eigenvalue weighted by atomic mass is 10.3. The zero-order valence-electron chi connectivity index (χ0n) is 7.51. The molecule has 0 atom stereocenters. The molecule has 1 aromatic rings. The van der Waals surface area contributed by atoms with Gasteiger partial charge in [-0.3, -0.25) is 4.79 Å². The molecule has 0 aliphatic heterocycles. The topological polar surface area (TPSA) is 38.3 Å². The largest absolute Gasteiger partial charge is 0.375 e. The normalized spacial score (nSPS) is 9.93. The second-order valence-corrected chi connectivity index (χ2v) is 4.63. The van der Waals surface area contributed by atoms with E-state index in [1.165, 1.54) is 7.11 Å². The Balaban J connectivity index is 2.68. The van der Waals surface area contributed by atoms with Gasteiger partial charge in [0.15, 0.2) is 0 Å². The maximum Gasteiger partial charge on any atom is 0.250 e. The van der Waals surface area contributed by atoms with Crippen LogP contribution >= 0.6 is 38.5 Å². The summed E-state index contributed by atoms with van der Waals surface area (Å²) in [5.74, 6) is -0.152. The van der Waals surface area contributed by atoms with Crippen LogP contribution in [0.4, 0.5) is 5.69 Å². The molecule has 0 aliphatic rings. The predicted octanol–water partition coefficient (Wildman–Crippen LogP) is 2.64. The molecule has 0 unspecified atom stereocenters. The van der Waals surface area contributed by atoms with Gasteiger partial charge < -0.3 is 10.1 Å². The highest BCUT2D eigenvalue weighted by atomic mass is 127.